The van der Waals surface area contributed by atoms with Crippen molar-refractivity contribution in [3.05, 3.63) is 85.6 Å². The zero-order valence-corrected chi connectivity index (χ0v) is 15.9. The Morgan fingerprint density at radius 1 is 1.19 bits per heavy atom. The van der Waals surface area contributed by atoms with Gasteiger partial charge in [0, 0.05) is 10.4 Å². The van der Waals surface area contributed by atoms with E-state index in [0.717, 1.165) is 10.4 Å². The van der Waals surface area contributed by atoms with Crippen LogP contribution in [0.25, 0.3) is 23.2 Å². The van der Waals surface area contributed by atoms with Gasteiger partial charge in [-0.15, -0.1) is 16.4 Å². The maximum Gasteiger partial charge on any atom is 0.291 e. The maximum atomic E-state index is 12.7. The van der Waals surface area contributed by atoms with E-state index in [1.165, 1.54) is 15.9 Å². The number of thiazole rings is 1. The molecule has 0 unspecified atom stereocenters. The Hall–Kier alpha value is -3.03. The second-order valence-electron chi connectivity index (χ2n) is 5.57. The quantitative estimate of drug-likeness (QED) is 0.471. The maximum absolute atomic E-state index is 12.7. The van der Waals surface area contributed by atoms with E-state index in [0.29, 0.717) is 27.7 Å². The van der Waals surface area contributed by atoms with Crippen molar-refractivity contribution in [3.8, 4) is 5.75 Å². The standard InChI is InChI=1S/C20H15N3O2S2/c1-2-11-25-16-8-4-3-6-14(16)13-17-19(24)23-20(27-17)21-18(22-23)10-9-15-7-5-12-26-15/h2-10,12-13H,1,11H2. The Labute approximate surface area is 163 Å². The highest BCUT2D eigenvalue weighted by Crippen LogP contribution is 2.19. The molecule has 5 nitrogen and oxygen atoms in total. The van der Waals surface area contributed by atoms with Crippen LogP contribution in [-0.4, -0.2) is 21.2 Å². The SMILES string of the molecule is C=CCOc1ccccc1C=c1sc2nc(C=Cc3cccs3)nn2c1=O. The third kappa shape index (κ3) is 3.74. The van der Waals surface area contributed by atoms with Gasteiger partial charge in [-0.05, 0) is 35.7 Å². The van der Waals surface area contributed by atoms with Crippen molar-refractivity contribution >= 4 is 45.9 Å². The van der Waals surface area contributed by atoms with Crippen LogP contribution < -0.4 is 14.8 Å². The van der Waals surface area contributed by atoms with E-state index in [9.17, 15) is 4.79 Å². The Morgan fingerprint density at radius 3 is 2.85 bits per heavy atom. The molecule has 3 heterocycles. The average molecular weight is 393 g/mol. The minimum absolute atomic E-state index is 0.184. The monoisotopic (exact) mass is 393 g/mol. The smallest absolute Gasteiger partial charge is 0.291 e. The Morgan fingerprint density at radius 2 is 2.07 bits per heavy atom. The molecule has 0 radical (unpaired) electrons. The zero-order valence-electron chi connectivity index (χ0n) is 14.2. The predicted molar refractivity (Wildman–Crippen MR) is 111 cm³/mol. The van der Waals surface area contributed by atoms with Crippen molar-refractivity contribution in [1.29, 1.82) is 0 Å². The molecule has 0 amide bonds. The summed E-state index contributed by atoms with van der Waals surface area (Å²) in [5.74, 6) is 1.23. The molecule has 0 saturated heterocycles. The third-order valence-corrected chi connectivity index (χ3v) is 5.50. The molecule has 27 heavy (non-hydrogen) atoms. The van der Waals surface area contributed by atoms with E-state index in [2.05, 4.69) is 16.7 Å². The van der Waals surface area contributed by atoms with Crippen LogP contribution in [0, 0.1) is 0 Å². The lowest BCUT2D eigenvalue weighted by molar-refractivity contribution is 0.362. The molecule has 7 heteroatoms. The van der Waals surface area contributed by atoms with Crippen molar-refractivity contribution in [2.24, 2.45) is 0 Å². The number of aromatic nitrogens is 3. The second kappa shape index (κ2) is 7.69. The number of benzene rings is 1. The summed E-state index contributed by atoms with van der Waals surface area (Å²) < 4.78 is 7.56. The summed E-state index contributed by atoms with van der Waals surface area (Å²) >= 11 is 2.94. The molecule has 0 saturated carbocycles. The molecular weight excluding hydrogens is 378 g/mol. The Balaban J connectivity index is 1.69. The summed E-state index contributed by atoms with van der Waals surface area (Å²) in [7, 11) is 0. The number of hydrogen-bond acceptors (Lipinski definition) is 6. The summed E-state index contributed by atoms with van der Waals surface area (Å²) in [4.78, 5) is 18.8. The molecule has 0 aliphatic rings. The fraction of sp³-hybridized carbons (Fsp3) is 0.0500. The summed E-state index contributed by atoms with van der Waals surface area (Å²) in [5, 5.41) is 6.31. The van der Waals surface area contributed by atoms with E-state index in [1.54, 1.807) is 17.4 Å². The van der Waals surface area contributed by atoms with Gasteiger partial charge in [-0.1, -0.05) is 48.3 Å². The third-order valence-electron chi connectivity index (χ3n) is 3.70. The van der Waals surface area contributed by atoms with Crippen LogP contribution in [0.15, 0.2) is 59.2 Å². The number of hydrogen-bond donors (Lipinski definition) is 0. The highest BCUT2D eigenvalue weighted by molar-refractivity contribution is 7.15. The van der Waals surface area contributed by atoms with Crippen molar-refractivity contribution < 1.29 is 4.74 Å². The van der Waals surface area contributed by atoms with Crippen molar-refractivity contribution in [2.75, 3.05) is 6.61 Å². The van der Waals surface area contributed by atoms with Crippen LogP contribution in [-0.2, 0) is 0 Å². The lowest BCUT2D eigenvalue weighted by Gasteiger charge is -2.05. The fourth-order valence-corrected chi connectivity index (χ4v) is 4.01. The van der Waals surface area contributed by atoms with E-state index in [1.807, 2.05) is 60.0 Å². The predicted octanol–water partition coefficient (Wildman–Crippen LogP) is 3.50. The Kier molecular flexibility index (Phi) is 4.95. The van der Waals surface area contributed by atoms with Gasteiger partial charge in [-0.25, -0.2) is 0 Å². The van der Waals surface area contributed by atoms with Crippen LogP contribution in [0.4, 0.5) is 0 Å². The summed E-state index contributed by atoms with van der Waals surface area (Å²) in [6, 6.07) is 11.6. The average Bonchev–Trinajstić information content (AvgIpc) is 3.39. The van der Waals surface area contributed by atoms with Crippen molar-refractivity contribution in [2.45, 2.75) is 0 Å². The van der Waals surface area contributed by atoms with Gasteiger partial charge in [0.2, 0.25) is 4.96 Å². The number of nitrogens with zero attached hydrogens (tertiary/aromatic N) is 3. The fourth-order valence-electron chi connectivity index (χ4n) is 2.48. The molecule has 0 N–H and O–H groups in total. The lowest BCUT2D eigenvalue weighted by atomic mass is 10.2. The topological polar surface area (TPSA) is 56.5 Å². The van der Waals surface area contributed by atoms with Crippen LogP contribution >= 0.6 is 22.7 Å². The van der Waals surface area contributed by atoms with Gasteiger partial charge in [0.25, 0.3) is 5.56 Å². The number of thiophene rings is 1. The van der Waals surface area contributed by atoms with Gasteiger partial charge < -0.3 is 4.74 Å². The first-order chi connectivity index (χ1) is 13.2. The molecule has 0 fully saturated rings. The molecule has 0 atom stereocenters. The van der Waals surface area contributed by atoms with Crippen LogP contribution in [0.3, 0.4) is 0 Å². The van der Waals surface area contributed by atoms with Gasteiger partial charge in [-0.3, -0.25) is 4.79 Å². The Bertz CT molecular complexity index is 1220. The molecule has 0 aliphatic carbocycles. The van der Waals surface area contributed by atoms with E-state index >= 15 is 0 Å². The minimum atomic E-state index is -0.184. The van der Waals surface area contributed by atoms with Crippen molar-refractivity contribution in [1.82, 2.24) is 14.6 Å². The van der Waals surface area contributed by atoms with Crippen molar-refractivity contribution in [3.63, 3.8) is 0 Å². The van der Waals surface area contributed by atoms with Gasteiger partial charge in [0.05, 0.1) is 4.53 Å². The number of para-hydroxylation sites is 1. The van der Waals surface area contributed by atoms with E-state index in [-0.39, 0.29) is 5.56 Å². The molecule has 0 bridgehead atoms. The minimum Gasteiger partial charge on any atom is -0.489 e. The first kappa shape index (κ1) is 17.4. The molecule has 0 spiro atoms. The van der Waals surface area contributed by atoms with E-state index in [4.69, 9.17) is 4.74 Å². The molecule has 134 valence electrons. The highest BCUT2D eigenvalue weighted by Gasteiger charge is 2.09. The van der Waals surface area contributed by atoms with Gasteiger partial charge >= 0.3 is 0 Å². The van der Waals surface area contributed by atoms with Crippen LogP contribution in [0.1, 0.15) is 16.3 Å². The molecule has 4 aromatic rings. The van der Waals surface area contributed by atoms with Gasteiger partial charge in [0.15, 0.2) is 5.82 Å². The second-order valence-corrected chi connectivity index (χ2v) is 7.55. The normalized spacial score (nSPS) is 12.2. The number of rotatable bonds is 6. The van der Waals surface area contributed by atoms with E-state index < -0.39 is 0 Å². The highest BCUT2D eigenvalue weighted by atomic mass is 32.1. The largest absolute Gasteiger partial charge is 0.489 e. The van der Waals surface area contributed by atoms with Crippen LogP contribution in [0.2, 0.25) is 0 Å². The number of ether oxygens (including phenoxy) is 1. The summed E-state index contributed by atoms with van der Waals surface area (Å²) in [6.07, 6.45) is 7.24. The van der Waals surface area contributed by atoms with Gasteiger partial charge in [0.1, 0.15) is 12.4 Å². The van der Waals surface area contributed by atoms with Crippen LogP contribution in [0.5, 0.6) is 5.75 Å². The first-order valence-electron chi connectivity index (χ1n) is 8.20. The molecular formula is C20H15N3O2S2. The zero-order chi connectivity index (χ0) is 18.6. The van der Waals surface area contributed by atoms with Gasteiger partial charge in [-0.2, -0.15) is 9.50 Å². The summed E-state index contributed by atoms with van der Waals surface area (Å²) in [5.41, 5.74) is 0.649. The summed E-state index contributed by atoms with van der Waals surface area (Å²) in [6.45, 7) is 4.06. The molecule has 1 aromatic carbocycles. The molecule has 3 aromatic heterocycles. The first-order valence-corrected chi connectivity index (χ1v) is 9.90. The lowest BCUT2D eigenvalue weighted by Crippen LogP contribution is -2.23. The molecule has 4 rings (SSSR count). The molecule has 0 aliphatic heterocycles. The number of fused-ring (bicyclic) bond motifs is 1.